The largest absolute Gasteiger partial charge is 0.493 e. The van der Waals surface area contributed by atoms with Crippen LogP contribution < -0.4 is 4.74 Å². The molecule has 1 atom stereocenters. The normalized spacial score (nSPS) is 12.5. The summed E-state index contributed by atoms with van der Waals surface area (Å²) in [6, 6.07) is 1.84. The Balaban J connectivity index is 2.48. The lowest BCUT2D eigenvalue weighted by Gasteiger charge is -2.15. The zero-order chi connectivity index (χ0) is 14.0. The molecule has 0 radical (unpaired) electrons. The van der Waals surface area contributed by atoms with E-state index in [9.17, 15) is 5.11 Å². The molecule has 1 N–H and O–H groups in total. The molecule has 2 aromatic rings. The standard InChI is InChI=1S/C12H13Br2N3O2/c1-3-17-11(9(19-2)6-16-17)12(18)10-8(14)4-7(13)5-15-10/h4-6,12,18H,3H2,1-2H3. The number of rotatable bonds is 4. The maximum atomic E-state index is 10.5. The average molecular weight is 391 g/mol. The summed E-state index contributed by atoms with van der Waals surface area (Å²) in [5.41, 5.74) is 1.12. The molecule has 0 saturated carbocycles. The van der Waals surface area contributed by atoms with E-state index >= 15 is 0 Å². The van der Waals surface area contributed by atoms with Crippen LogP contribution in [0.5, 0.6) is 5.75 Å². The van der Waals surface area contributed by atoms with Crippen molar-refractivity contribution in [3.05, 3.63) is 38.8 Å². The molecule has 0 aliphatic carbocycles. The number of aromatic nitrogens is 3. The van der Waals surface area contributed by atoms with Gasteiger partial charge in [-0.1, -0.05) is 0 Å². The smallest absolute Gasteiger partial charge is 0.163 e. The third-order valence-electron chi connectivity index (χ3n) is 2.72. The second-order valence-electron chi connectivity index (χ2n) is 3.84. The van der Waals surface area contributed by atoms with Crippen LogP contribution in [0.1, 0.15) is 24.4 Å². The van der Waals surface area contributed by atoms with Crippen molar-refractivity contribution in [2.45, 2.75) is 19.6 Å². The van der Waals surface area contributed by atoms with Gasteiger partial charge in [-0.05, 0) is 44.8 Å². The number of pyridine rings is 1. The van der Waals surface area contributed by atoms with Crippen LogP contribution in [-0.4, -0.2) is 27.0 Å². The van der Waals surface area contributed by atoms with Crippen LogP contribution in [0.15, 0.2) is 27.4 Å². The predicted octanol–water partition coefficient (Wildman–Crippen LogP) is 2.91. The van der Waals surface area contributed by atoms with Gasteiger partial charge in [0.05, 0.1) is 19.0 Å². The number of aliphatic hydroxyl groups excluding tert-OH is 1. The molecule has 19 heavy (non-hydrogen) atoms. The van der Waals surface area contributed by atoms with Crippen LogP contribution in [-0.2, 0) is 6.54 Å². The Morgan fingerprint density at radius 2 is 2.16 bits per heavy atom. The third kappa shape index (κ3) is 2.82. The fraction of sp³-hybridized carbons (Fsp3) is 0.333. The lowest BCUT2D eigenvalue weighted by molar-refractivity contribution is 0.197. The molecule has 102 valence electrons. The molecule has 0 bridgehead atoms. The van der Waals surface area contributed by atoms with Crippen molar-refractivity contribution in [2.75, 3.05) is 7.11 Å². The Bertz CT molecular complexity index is 565. The number of methoxy groups -OCH3 is 1. The van der Waals surface area contributed by atoms with Crippen LogP contribution in [0.4, 0.5) is 0 Å². The predicted molar refractivity (Wildman–Crippen MR) is 78.2 cm³/mol. The molecule has 2 aromatic heterocycles. The monoisotopic (exact) mass is 389 g/mol. The summed E-state index contributed by atoms with van der Waals surface area (Å²) in [7, 11) is 1.55. The van der Waals surface area contributed by atoms with E-state index < -0.39 is 6.10 Å². The Morgan fingerprint density at radius 3 is 2.74 bits per heavy atom. The van der Waals surface area contributed by atoms with Crippen molar-refractivity contribution in [3.63, 3.8) is 0 Å². The Morgan fingerprint density at radius 1 is 1.42 bits per heavy atom. The lowest BCUT2D eigenvalue weighted by Crippen LogP contribution is -2.12. The van der Waals surface area contributed by atoms with Gasteiger partial charge in [-0.3, -0.25) is 9.67 Å². The SMILES string of the molecule is CCn1ncc(OC)c1C(O)c1ncc(Br)cc1Br. The molecule has 0 fully saturated rings. The summed E-state index contributed by atoms with van der Waals surface area (Å²) in [5.74, 6) is 0.547. The Kier molecular flexibility index (Phi) is 4.59. The zero-order valence-electron chi connectivity index (χ0n) is 10.5. The molecular weight excluding hydrogens is 378 g/mol. The van der Waals surface area contributed by atoms with Crippen molar-refractivity contribution in [3.8, 4) is 5.75 Å². The molecule has 0 aromatic carbocycles. The number of aryl methyl sites for hydroxylation is 1. The minimum atomic E-state index is -0.903. The highest BCUT2D eigenvalue weighted by atomic mass is 79.9. The molecule has 0 saturated heterocycles. The molecule has 5 nitrogen and oxygen atoms in total. The Labute approximate surface area is 127 Å². The van der Waals surface area contributed by atoms with Crippen LogP contribution in [0.2, 0.25) is 0 Å². The number of nitrogens with zero attached hydrogens (tertiary/aromatic N) is 3. The fourth-order valence-corrected chi connectivity index (χ4v) is 3.02. The molecule has 0 spiro atoms. The second-order valence-corrected chi connectivity index (χ2v) is 5.61. The highest BCUT2D eigenvalue weighted by Crippen LogP contribution is 2.33. The molecular formula is C12H13Br2N3O2. The van der Waals surface area contributed by atoms with Gasteiger partial charge in [-0.15, -0.1) is 0 Å². The van der Waals surface area contributed by atoms with Gasteiger partial charge in [0.1, 0.15) is 11.8 Å². The van der Waals surface area contributed by atoms with E-state index in [-0.39, 0.29) is 0 Å². The van der Waals surface area contributed by atoms with Gasteiger partial charge in [0.15, 0.2) is 5.75 Å². The highest BCUT2D eigenvalue weighted by Gasteiger charge is 2.24. The van der Waals surface area contributed by atoms with Gasteiger partial charge in [-0.25, -0.2) is 0 Å². The summed E-state index contributed by atoms with van der Waals surface area (Å²) in [6.45, 7) is 2.59. The second kappa shape index (κ2) is 6.02. The first-order chi connectivity index (χ1) is 9.08. The van der Waals surface area contributed by atoms with Gasteiger partial charge < -0.3 is 9.84 Å². The molecule has 0 aliphatic heterocycles. The van der Waals surface area contributed by atoms with Crippen molar-refractivity contribution in [2.24, 2.45) is 0 Å². The fourth-order valence-electron chi connectivity index (χ4n) is 1.82. The van der Waals surface area contributed by atoms with Gasteiger partial charge in [-0.2, -0.15) is 5.10 Å². The maximum absolute atomic E-state index is 10.5. The summed E-state index contributed by atoms with van der Waals surface area (Å²) >= 11 is 6.74. The zero-order valence-corrected chi connectivity index (χ0v) is 13.6. The van der Waals surface area contributed by atoms with E-state index in [0.717, 1.165) is 8.95 Å². The van der Waals surface area contributed by atoms with Crippen LogP contribution in [0, 0.1) is 0 Å². The third-order valence-corrected chi connectivity index (χ3v) is 3.79. The van der Waals surface area contributed by atoms with E-state index in [0.29, 0.717) is 23.7 Å². The number of halogens is 2. The number of hydrogen-bond acceptors (Lipinski definition) is 4. The van der Waals surface area contributed by atoms with E-state index in [1.165, 1.54) is 0 Å². The molecule has 7 heteroatoms. The highest BCUT2D eigenvalue weighted by molar-refractivity contribution is 9.11. The maximum Gasteiger partial charge on any atom is 0.163 e. The first-order valence-corrected chi connectivity index (χ1v) is 7.25. The van der Waals surface area contributed by atoms with E-state index in [1.54, 1.807) is 24.2 Å². The van der Waals surface area contributed by atoms with Crippen molar-refractivity contribution < 1.29 is 9.84 Å². The first-order valence-electron chi connectivity index (χ1n) is 5.67. The van der Waals surface area contributed by atoms with Gasteiger partial charge >= 0.3 is 0 Å². The van der Waals surface area contributed by atoms with Crippen LogP contribution >= 0.6 is 31.9 Å². The van der Waals surface area contributed by atoms with Crippen LogP contribution in [0.25, 0.3) is 0 Å². The summed E-state index contributed by atoms with van der Waals surface area (Å²) in [6.07, 6.45) is 2.33. The van der Waals surface area contributed by atoms with Crippen molar-refractivity contribution in [1.29, 1.82) is 0 Å². The number of aliphatic hydroxyl groups is 1. The van der Waals surface area contributed by atoms with Gasteiger partial charge in [0.25, 0.3) is 0 Å². The summed E-state index contributed by atoms with van der Waals surface area (Å²) in [5, 5.41) is 14.7. The minimum Gasteiger partial charge on any atom is -0.493 e. The first kappa shape index (κ1) is 14.5. The van der Waals surface area contributed by atoms with E-state index in [2.05, 4.69) is 41.9 Å². The molecule has 0 aliphatic rings. The number of ether oxygens (including phenoxy) is 1. The molecule has 2 heterocycles. The van der Waals surface area contributed by atoms with Gasteiger partial charge in [0.2, 0.25) is 0 Å². The summed E-state index contributed by atoms with van der Waals surface area (Å²) in [4.78, 5) is 4.24. The average Bonchev–Trinajstić information content (AvgIpc) is 2.80. The minimum absolute atomic E-state index is 0.525. The van der Waals surface area contributed by atoms with Crippen molar-refractivity contribution in [1.82, 2.24) is 14.8 Å². The topological polar surface area (TPSA) is 60.2 Å². The van der Waals surface area contributed by atoms with Gasteiger partial charge in [0, 0.05) is 21.7 Å². The summed E-state index contributed by atoms with van der Waals surface area (Å²) < 4.78 is 8.49. The van der Waals surface area contributed by atoms with E-state index in [1.807, 2.05) is 13.0 Å². The van der Waals surface area contributed by atoms with E-state index in [4.69, 9.17) is 4.74 Å². The molecule has 0 amide bonds. The quantitative estimate of drug-likeness (QED) is 0.871. The van der Waals surface area contributed by atoms with Crippen LogP contribution in [0.3, 0.4) is 0 Å². The number of hydrogen-bond donors (Lipinski definition) is 1. The van der Waals surface area contributed by atoms with Crippen molar-refractivity contribution >= 4 is 31.9 Å². The molecule has 1 unspecified atom stereocenters. The Hall–Kier alpha value is -0.920. The lowest BCUT2D eigenvalue weighted by atomic mass is 10.1. The molecule has 2 rings (SSSR count).